The Morgan fingerprint density at radius 3 is 2.30 bits per heavy atom. The summed E-state index contributed by atoms with van der Waals surface area (Å²) < 4.78 is 1.23. The smallest absolute Gasteiger partial charge is 0.129 e. The lowest BCUT2D eigenvalue weighted by atomic mass is 10.4. The first-order chi connectivity index (χ1) is 4.56. The van der Waals surface area contributed by atoms with Crippen molar-refractivity contribution >= 4 is 30.7 Å². The van der Waals surface area contributed by atoms with Crippen molar-refractivity contribution in [1.82, 2.24) is 0 Å². The Bertz CT molecular complexity index is 136. The van der Waals surface area contributed by atoms with Crippen LogP contribution >= 0.6 is 22.6 Å². The third-order valence-electron chi connectivity index (χ3n) is 0.899. The second-order valence-electron chi connectivity index (χ2n) is 3.34. The van der Waals surface area contributed by atoms with Crippen LogP contribution in [0.2, 0.25) is 19.6 Å². The molecule has 10 heavy (non-hydrogen) atoms. The van der Waals surface area contributed by atoms with Crippen LogP contribution in [0.25, 0.3) is 0 Å². The highest BCUT2D eigenvalue weighted by atomic mass is 127. The standard InChI is InChI=1S/C8H15ISi/c1-10(2,3)8-6-4-5-7-9/h4-5,7H2,1-3H3. The molecule has 58 valence electrons. The van der Waals surface area contributed by atoms with Crippen LogP contribution in [-0.4, -0.2) is 12.5 Å². The van der Waals surface area contributed by atoms with Crippen molar-refractivity contribution in [2.75, 3.05) is 4.43 Å². The Kier molecular flexibility index (Phi) is 5.46. The van der Waals surface area contributed by atoms with Gasteiger partial charge in [0, 0.05) is 10.8 Å². The molecule has 0 N–H and O–H groups in total. The molecule has 0 aliphatic heterocycles. The highest BCUT2D eigenvalue weighted by molar-refractivity contribution is 14.1. The lowest BCUT2D eigenvalue weighted by molar-refractivity contribution is 1.01. The number of rotatable bonds is 2. The van der Waals surface area contributed by atoms with E-state index in [9.17, 15) is 0 Å². The summed E-state index contributed by atoms with van der Waals surface area (Å²) in [6.45, 7) is 6.85. The molecule has 0 amide bonds. The minimum atomic E-state index is -1.07. The number of alkyl halides is 1. The van der Waals surface area contributed by atoms with E-state index >= 15 is 0 Å². The molecule has 0 unspecified atom stereocenters. The van der Waals surface area contributed by atoms with Crippen molar-refractivity contribution in [3.8, 4) is 11.5 Å². The Morgan fingerprint density at radius 2 is 1.90 bits per heavy atom. The van der Waals surface area contributed by atoms with Crippen molar-refractivity contribution in [2.24, 2.45) is 0 Å². The summed E-state index contributed by atoms with van der Waals surface area (Å²) in [5, 5.41) is 0. The van der Waals surface area contributed by atoms with Crippen LogP contribution in [0.5, 0.6) is 0 Å². The highest BCUT2D eigenvalue weighted by Crippen LogP contribution is 1.98. The van der Waals surface area contributed by atoms with E-state index in [1.165, 1.54) is 10.8 Å². The van der Waals surface area contributed by atoms with E-state index in [4.69, 9.17) is 0 Å². The van der Waals surface area contributed by atoms with E-state index in [1.54, 1.807) is 0 Å². The molecule has 0 aromatic heterocycles. The van der Waals surface area contributed by atoms with Crippen molar-refractivity contribution in [3.05, 3.63) is 0 Å². The average molecular weight is 266 g/mol. The maximum atomic E-state index is 3.34. The monoisotopic (exact) mass is 266 g/mol. The normalized spacial score (nSPS) is 10.4. The van der Waals surface area contributed by atoms with Gasteiger partial charge < -0.3 is 0 Å². The van der Waals surface area contributed by atoms with Gasteiger partial charge in [-0.3, -0.25) is 0 Å². The van der Waals surface area contributed by atoms with Gasteiger partial charge in [-0.15, -0.1) is 11.5 Å². The lowest BCUT2D eigenvalue weighted by Gasteiger charge is -2.02. The largest absolute Gasteiger partial charge is 0.132 e. The first-order valence-electron chi connectivity index (χ1n) is 3.62. The third-order valence-corrected chi connectivity index (χ3v) is 2.59. The van der Waals surface area contributed by atoms with E-state index in [-0.39, 0.29) is 0 Å². The van der Waals surface area contributed by atoms with Crippen LogP contribution in [0.4, 0.5) is 0 Å². The number of halogens is 1. The fourth-order valence-electron chi connectivity index (χ4n) is 0.483. The first-order valence-corrected chi connectivity index (χ1v) is 8.65. The van der Waals surface area contributed by atoms with Crippen molar-refractivity contribution in [3.63, 3.8) is 0 Å². The van der Waals surface area contributed by atoms with Crippen LogP contribution in [0.15, 0.2) is 0 Å². The van der Waals surface area contributed by atoms with Crippen LogP contribution in [0.3, 0.4) is 0 Å². The Labute approximate surface area is 78.9 Å². The highest BCUT2D eigenvalue weighted by Gasteiger charge is 2.06. The van der Waals surface area contributed by atoms with Gasteiger partial charge in [0.25, 0.3) is 0 Å². The SMILES string of the molecule is C[Si](C)(C)C#CCCCI. The van der Waals surface area contributed by atoms with E-state index in [0.717, 1.165) is 6.42 Å². The van der Waals surface area contributed by atoms with Crippen molar-refractivity contribution < 1.29 is 0 Å². The van der Waals surface area contributed by atoms with E-state index in [1.807, 2.05) is 0 Å². The van der Waals surface area contributed by atoms with Gasteiger partial charge in [0.15, 0.2) is 0 Å². The van der Waals surface area contributed by atoms with E-state index in [0.29, 0.717) is 0 Å². The summed E-state index contributed by atoms with van der Waals surface area (Å²) in [4.78, 5) is 0. The molecule has 0 aromatic carbocycles. The molecule has 0 fully saturated rings. The number of unbranched alkanes of at least 4 members (excludes halogenated alkanes) is 1. The molecule has 0 bridgehead atoms. The molecule has 0 radical (unpaired) electrons. The minimum Gasteiger partial charge on any atom is -0.132 e. The second-order valence-corrected chi connectivity index (χ2v) is 9.17. The van der Waals surface area contributed by atoms with Gasteiger partial charge >= 0.3 is 0 Å². The zero-order valence-corrected chi connectivity index (χ0v) is 10.2. The van der Waals surface area contributed by atoms with Gasteiger partial charge in [0.05, 0.1) is 0 Å². The summed E-state index contributed by atoms with van der Waals surface area (Å²) in [5.74, 6) is 3.23. The maximum Gasteiger partial charge on any atom is 0.129 e. The molecule has 0 nitrogen and oxygen atoms in total. The molecule has 0 atom stereocenters. The quantitative estimate of drug-likeness (QED) is 0.237. The molecule has 0 saturated heterocycles. The van der Waals surface area contributed by atoms with Gasteiger partial charge in [-0.2, -0.15) is 0 Å². The van der Waals surface area contributed by atoms with Gasteiger partial charge in [-0.05, 0) is 6.42 Å². The molecule has 0 saturated carbocycles. The molecule has 0 spiro atoms. The summed E-state index contributed by atoms with van der Waals surface area (Å²) >= 11 is 2.39. The van der Waals surface area contributed by atoms with Gasteiger partial charge in [0.2, 0.25) is 0 Å². The predicted molar refractivity (Wildman–Crippen MR) is 59.2 cm³/mol. The molecule has 0 aromatic rings. The van der Waals surface area contributed by atoms with Gasteiger partial charge in [-0.1, -0.05) is 42.2 Å². The molecule has 2 heteroatoms. The lowest BCUT2D eigenvalue weighted by Crippen LogP contribution is -2.16. The summed E-state index contributed by atoms with van der Waals surface area (Å²) in [6.07, 6.45) is 2.34. The second kappa shape index (κ2) is 5.20. The molecule has 0 rings (SSSR count). The zero-order chi connectivity index (χ0) is 8.04. The first kappa shape index (κ1) is 10.5. The summed E-state index contributed by atoms with van der Waals surface area (Å²) in [6, 6.07) is 0. The number of hydrogen-bond acceptors (Lipinski definition) is 0. The van der Waals surface area contributed by atoms with Crippen molar-refractivity contribution in [1.29, 1.82) is 0 Å². The average Bonchev–Trinajstić information content (AvgIpc) is 1.78. The van der Waals surface area contributed by atoms with Crippen LogP contribution in [-0.2, 0) is 0 Å². The molecule has 0 aliphatic carbocycles. The fraction of sp³-hybridized carbons (Fsp3) is 0.750. The third kappa shape index (κ3) is 8.51. The summed E-state index contributed by atoms with van der Waals surface area (Å²) in [5.41, 5.74) is 3.34. The fourth-order valence-corrected chi connectivity index (χ4v) is 1.52. The zero-order valence-electron chi connectivity index (χ0n) is 7.00. The molecule has 0 aliphatic rings. The van der Waals surface area contributed by atoms with E-state index < -0.39 is 8.07 Å². The maximum absolute atomic E-state index is 3.34. The van der Waals surface area contributed by atoms with Crippen LogP contribution in [0, 0.1) is 11.5 Å². The minimum absolute atomic E-state index is 1.07. The van der Waals surface area contributed by atoms with Gasteiger partial charge in [-0.25, -0.2) is 0 Å². The Balaban J connectivity index is 3.50. The van der Waals surface area contributed by atoms with Crippen LogP contribution < -0.4 is 0 Å². The molecular formula is C8H15ISi. The van der Waals surface area contributed by atoms with Gasteiger partial charge in [0.1, 0.15) is 8.07 Å². The Morgan fingerprint density at radius 1 is 1.30 bits per heavy atom. The summed E-state index contributed by atoms with van der Waals surface area (Å²) in [7, 11) is -1.07. The van der Waals surface area contributed by atoms with Crippen LogP contribution in [0.1, 0.15) is 12.8 Å². The number of hydrogen-bond donors (Lipinski definition) is 0. The molecule has 0 heterocycles. The topological polar surface area (TPSA) is 0 Å². The van der Waals surface area contributed by atoms with Crippen molar-refractivity contribution in [2.45, 2.75) is 32.5 Å². The predicted octanol–water partition coefficient (Wildman–Crippen LogP) is 3.08. The molecular weight excluding hydrogens is 251 g/mol. The van der Waals surface area contributed by atoms with E-state index in [2.05, 4.69) is 53.7 Å². The Hall–Kier alpha value is 0.507.